The van der Waals surface area contributed by atoms with Crippen molar-refractivity contribution in [2.24, 2.45) is 23.5 Å². The van der Waals surface area contributed by atoms with Gasteiger partial charge in [-0.3, -0.25) is 0 Å². The van der Waals surface area contributed by atoms with Gasteiger partial charge in [-0.05, 0) is 49.9 Å². The molecule has 1 heterocycles. The third-order valence-electron chi connectivity index (χ3n) is 5.77. The van der Waals surface area contributed by atoms with Crippen LogP contribution in [0.2, 0.25) is 0 Å². The molecule has 3 saturated carbocycles. The summed E-state index contributed by atoms with van der Waals surface area (Å²) in [5.74, 6) is 4.55. The van der Waals surface area contributed by atoms with E-state index in [9.17, 15) is 0 Å². The number of aromatic nitrogens is 2. The predicted molar refractivity (Wildman–Crippen MR) is 76.0 cm³/mol. The normalized spacial score (nSPS) is 35.5. The van der Waals surface area contributed by atoms with E-state index in [0.717, 1.165) is 23.6 Å². The van der Waals surface area contributed by atoms with Crippen molar-refractivity contribution in [2.45, 2.75) is 69.7 Å². The first-order valence-corrected chi connectivity index (χ1v) is 8.40. The number of rotatable bonds is 3. The summed E-state index contributed by atoms with van der Waals surface area (Å²) in [5.41, 5.74) is 6.16. The molecule has 0 spiro atoms. The van der Waals surface area contributed by atoms with Crippen molar-refractivity contribution in [3.05, 3.63) is 11.7 Å². The zero-order valence-electron chi connectivity index (χ0n) is 12.1. The Morgan fingerprint density at radius 2 is 1.80 bits per heavy atom. The van der Waals surface area contributed by atoms with E-state index in [1.165, 1.54) is 57.8 Å². The lowest BCUT2D eigenvalue weighted by Crippen LogP contribution is -2.27. The Hall–Kier alpha value is -0.900. The Bertz CT molecular complexity index is 468. The van der Waals surface area contributed by atoms with Gasteiger partial charge in [0.15, 0.2) is 5.82 Å². The first kappa shape index (κ1) is 12.8. The van der Waals surface area contributed by atoms with Gasteiger partial charge in [0.2, 0.25) is 5.89 Å². The van der Waals surface area contributed by atoms with E-state index in [-0.39, 0.29) is 6.04 Å². The fraction of sp³-hybridized carbons (Fsp3) is 0.875. The van der Waals surface area contributed by atoms with Crippen LogP contribution in [0, 0.1) is 17.8 Å². The summed E-state index contributed by atoms with van der Waals surface area (Å²) < 4.78 is 5.54. The Morgan fingerprint density at radius 3 is 2.60 bits per heavy atom. The maximum atomic E-state index is 6.16. The third-order valence-corrected chi connectivity index (χ3v) is 5.77. The molecule has 20 heavy (non-hydrogen) atoms. The molecule has 0 amide bonds. The monoisotopic (exact) mass is 275 g/mol. The molecular formula is C16H25N3O. The van der Waals surface area contributed by atoms with Crippen LogP contribution in [0.25, 0.3) is 0 Å². The molecule has 1 aromatic heterocycles. The van der Waals surface area contributed by atoms with Crippen molar-refractivity contribution in [3.8, 4) is 0 Å². The summed E-state index contributed by atoms with van der Waals surface area (Å²) in [4.78, 5) is 4.63. The van der Waals surface area contributed by atoms with Gasteiger partial charge in [0.1, 0.15) is 0 Å². The van der Waals surface area contributed by atoms with Gasteiger partial charge >= 0.3 is 0 Å². The molecule has 4 unspecified atom stereocenters. The molecule has 4 atom stereocenters. The van der Waals surface area contributed by atoms with Gasteiger partial charge < -0.3 is 10.3 Å². The molecule has 4 heteroatoms. The lowest BCUT2D eigenvalue weighted by molar-refractivity contribution is 0.142. The molecule has 0 bridgehead atoms. The number of fused-ring (bicyclic) bond motifs is 1. The Kier molecular flexibility index (Phi) is 3.29. The van der Waals surface area contributed by atoms with Crippen LogP contribution in [-0.2, 0) is 0 Å². The highest BCUT2D eigenvalue weighted by Gasteiger charge is 2.36. The average Bonchev–Trinajstić information content (AvgIpc) is 3.23. The summed E-state index contributed by atoms with van der Waals surface area (Å²) in [6, 6.07) is -0.00137. The van der Waals surface area contributed by atoms with Crippen molar-refractivity contribution in [3.63, 3.8) is 0 Å². The first-order valence-electron chi connectivity index (χ1n) is 8.40. The van der Waals surface area contributed by atoms with Crippen molar-refractivity contribution in [1.29, 1.82) is 0 Å². The zero-order valence-corrected chi connectivity index (χ0v) is 12.1. The highest BCUT2D eigenvalue weighted by atomic mass is 16.5. The second kappa shape index (κ2) is 5.14. The molecule has 110 valence electrons. The second-order valence-corrected chi connectivity index (χ2v) is 7.17. The van der Waals surface area contributed by atoms with Crippen LogP contribution in [0.4, 0.5) is 0 Å². The van der Waals surface area contributed by atoms with E-state index in [1.807, 2.05) is 0 Å². The van der Waals surface area contributed by atoms with E-state index >= 15 is 0 Å². The van der Waals surface area contributed by atoms with Gasteiger partial charge in [-0.25, -0.2) is 0 Å². The van der Waals surface area contributed by atoms with Gasteiger partial charge in [0, 0.05) is 5.92 Å². The molecular weight excluding hydrogens is 250 g/mol. The Balaban J connectivity index is 1.44. The van der Waals surface area contributed by atoms with Crippen LogP contribution in [0.1, 0.15) is 81.5 Å². The van der Waals surface area contributed by atoms with Gasteiger partial charge in [-0.2, -0.15) is 4.98 Å². The number of hydrogen-bond donors (Lipinski definition) is 1. The smallest absolute Gasteiger partial charge is 0.229 e. The van der Waals surface area contributed by atoms with Gasteiger partial charge in [0.05, 0.1) is 6.04 Å². The van der Waals surface area contributed by atoms with Crippen molar-refractivity contribution in [1.82, 2.24) is 10.1 Å². The third kappa shape index (κ3) is 2.39. The molecule has 3 fully saturated rings. The fourth-order valence-corrected chi connectivity index (χ4v) is 4.31. The minimum atomic E-state index is -0.00137. The van der Waals surface area contributed by atoms with Gasteiger partial charge in [0.25, 0.3) is 0 Å². The second-order valence-electron chi connectivity index (χ2n) is 7.17. The fourth-order valence-electron chi connectivity index (χ4n) is 4.31. The van der Waals surface area contributed by atoms with Crippen LogP contribution in [-0.4, -0.2) is 10.1 Å². The lowest BCUT2D eigenvalue weighted by Gasteiger charge is -2.38. The van der Waals surface area contributed by atoms with Crippen molar-refractivity contribution in [2.75, 3.05) is 0 Å². The van der Waals surface area contributed by atoms with Crippen LogP contribution < -0.4 is 5.73 Å². The summed E-state index contributed by atoms with van der Waals surface area (Å²) in [6.07, 6.45) is 12.0. The quantitative estimate of drug-likeness (QED) is 0.916. The van der Waals surface area contributed by atoms with Crippen molar-refractivity contribution < 1.29 is 4.52 Å². The molecule has 0 saturated heterocycles. The Morgan fingerprint density at radius 1 is 1.00 bits per heavy atom. The van der Waals surface area contributed by atoms with E-state index in [4.69, 9.17) is 10.3 Å². The molecule has 3 aliphatic carbocycles. The maximum Gasteiger partial charge on any atom is 0.229 e. The van der Waals surface area contributed by atoms with Crippen molar-refractivity contribution >= 4 is 0 Å². The average molecular weight is 275 g/mol. The number of hydrogen-bond acceptors (Lipinski definition) is 4. The van der Waals surface area contributed by atoms with E-state index < -0.39 is 0 Å². The molecule has 2 N–H and O–H groups in total. The van der Waals surface area contributed by atoms with E-state index in [1.54, 1.807) is 0 Å². The maximum absolute atomic E-state index is 6.16. The highest BCUT2D eigenvalue weighted by molar-refractivity contribution is 5.04. The zero-order chi connectivity index (χ0) is 13.5. The minimum absolute atomic E-state index is 0.00137. The number of nitrogens with two attached hydrogens (primary N) is 1. The predicted octanol–water partition coefficient (Wildman–Crippen LogP) is 3.55. The molecule has 1 aromatic rings. The molecule has 4 rings (SSSR count). The van der Waals surface area contributed by atoms with Crippen LogP contribution in [0.3, 0.4) is 0 Å². The van der Waals surface area contributed by atoms with E-state index in [2.05, 4.69) is 10.1 Å². The minimum Gasteiger partial charge on any atom is -0.339 e. The molecule has 3 aliphatic rings. The van der Waals surface area contributed by atoms with Crippen LogP contribution in [0.5, 0.6) is 0 Å². The molecule has 0 aliphatic heterocycles. The standard InChI is InChI=1S/C16H25N3O/c17-14(11-6-7-11)15-18-16(20-19-15)13-8-5-10-3-1-2-4-12(10)9-13/h10-14H,1-9,17H2. The summed E-state index contributed by atoms with van der Waals surface area (Å²) in [6.45, 7) is 0. The first-order chi connectivity index (χ1) is 9.81. The lowest BCUT2D eigenvalue weighted by atomic mass is 9.67. The Labute approximate surface area is 120 Å². The van der Waals surface area contributed by atoms with Crippen LogP contribution in [0.15, 0.2) is 4.52 Å². The van der Waals surface area contributed by atoms with E-state index in [0.29, 0.717) is 11.8 Å². The largest absolute Gasteiger partial charge is 0.339 e. The molecule has 0 radical (unpaired) electrons. The molecule has 0 aromatic carbocycles. The molecule has 4 nitrogen and oxygen atoms in total. The SMILES string of the molecule is NC(c1noc(C2CCC3CCCCC3C2)n1)C1CC1. The van der Waals surface area contributed by atoms with Crippen LogP contribution >= 0.6 is 0 Å². The topological polar surface area (TPSA) is 64.9 Å². The summed E-state index contributed by atoms with van der Waals surface area (Å²) in [7, 11) is 0. The van der Waals surface area contributed by atoms with Gasteiger partial charge in [-0.1, -0.05) is 30.8 Å². The summed E-state index contributed by atoms with van der Waals surface area (Å²) >= 11 is 0. The highest BCUT2D eigenvalue weighted by Crippen LogP contribution is 2.46. The summed E-state index contributed by atoms with van der Waals surface area (Å²) in [5, 5.41) is 4.15. The number of nitrogens with zero attached hydrogens (tertiary/aromatic N) is 2. The van der Waals surface area contributed by atoms with Gasteiger partial charge in [-0.15, -0.1) is 0 Å².